The van der Waals surface area contributed by atoms with Crippen LogP contribution in [0.2, 0.25) is 0 Å². The first-order chi connectivity index (χ1) is 8.97. The Morgan fingerprint density at radius 1 is 1.37 bits per heavy atom. The average molecular weight is 261 g/mol. The minimum Gasteiger partial charge on any atom is -0.491 e. The van der Waals surface area contributed by atoms with Gasteiger partial charge < -0.3 is 15.8 Å². The van der Waals surface area contributed by atoms with E-state index in [2.05, 4.69) is 16.9 Å². The molecular weight excluding hydrogens is 238 g/mol. The summed E-state index contributed by atoms with van der Waals surface area (Å²) in [5.41, 5.74) is 7.85. The van der Waals surface area contributed by atoms with E-state index in [0.717, 1.165) is 16.9 Å². The van der Waals surface area contributed by atoms with Gasteiger partial charge in [0.2, 0.25) is 0 Å². The SMILES string of the molecule is C=C(C)CNC(N)=NCc1ccc(OC(C)C)cc1. The first-order valence-corrected chi connectivity index (χ1v) is 6.41. The topological polar surface area (TPSA) is 59.6 Å². The summed E-state index contributed by atoms with van der Waals surface area (Å²) in [6.07, 6.45) is 0.186. The van der Waals surface area contributed by atoms with Gasteiger partial charge in [0.1, 0.15) is 5.75 Å². The van der Waals surface area contributed by atoms with Gasteiger partial charge >= 0.3 is 0 Å². The lowest BCUT2D eigenvalue weighted by Crippen LogP contribution is -2.32. The molecule has 0 aliphatic heterocycles. The second-order valence-electron chi connectivity index (χ2n) is 4.82. The summed E-state index contributed by atoms with van der Waals surface area (Å²) in [5.74, 6) is 1.31. The summed E-state index contributed by atoms with van der Waals surface area (Å²) in [5, 5.41) is 2.99. The molecule has 0 fully saturated rings. The molecule has 0 aliphatic carbocycles. The van der Waals surface area contributed by atoms with Crippen LogP contribution in [0.5, 0.6) is 5.75 Å². The number of guanidine groups is 1. The molecule has 3 N–H and O–H groups in total. The van der Waals surface area contributed by atoms with Crippen LogP contribution in [-0.4, -0.2) is 18.6 Å². The molecule has 0 unspecified atom stereocenters. The van der Waals surface area contributed by atoms with Gasteiger partial charge in [-0.2, -0.15) is 0 Å². The van der Waals surface area contributed by atoms with E-state index in [9.17, 15) is 0 Å². The van der Waals surface area contributed by atoms with Crippen molar-refractivity contribution in [1.82, 2.24) is 5.32 Å². The van der Waals surface area contributed by atoms with Gasteiger partial charge in [0.05, 0.1) is 12.6 Å². The van der Waals surface area contributed by atoms with Crippen molar-refractivity contribution in [2.75, 3.05) is 6.54 Å². The van der Waals surface area contributed by atoms with Crippen molar-refractivity contribution >= 4 is 5.96 Å². The van der Waals surface area contributed by atoms with Crippen molar-refractivity contribution in [2.24, 2.45) is 10.7 Å². The van der Waals surface area contributed by atoms with Crippen LogP contribution in [0.4, 0.5) is 0 Å². The maximum atomic E-state index is 5.74. The number of nitrogens with two attached hydrogens (primary N) is 1. The third-order valence-corrected chi connectivity index (χ3v) is 2.30. The number of hydrogen-bond acceptors (Lipinski definition) is 2. The maximum absolute atomic E-state index is 5.74. The number of hydrogen-bond donors (Lipinski definition) is 2. The van der Waals surface area contributed by atoms with Crippen molar-refractivity contribution in [1.29, 1.82) is 0 Å². The molecule has 4 nitrogen and oxygen atoms in total. The molecule has 104 valence electrons. The van der Waals surface area contributed by atoms with Gasteiger partial charge in [-0.25, -0.2) is 4.99 Å². The van der Waals surface area contributed by atoms with Crippen molar-refractivity contribution in [3.05, 3.63) is 42.0 Å². The molecule has 1 rings (SSSR count). The molecule has 0 aromatic heterocycles. The minimum atomic E-state index is 0.186. The van der Waals surface area contributed by atoms with Gasteiger partial charge in [-0.3, -0.25) is 0 Å². The van der Waals surface area contributed by atoms with Crippen LogP contribution in [-0.2, 0) is 6.54 Å². The first kappa shape index (κ1) is 15.1. The molecule has 0 spiro atoms. The normalized spacial score (nSPS) is 11.5. The van der Waals surface area contributed by atoms with Gasteiger partial charge in [-0.05, 0) is 38.5 Å². The van der Waals surface area contributed by atoms with E-state index in [-0.39, 0.29) is 6.10 Å². The fourth-order valence-electron chi connectivity index (χ4n) is 1.42. The summed E-state index contributed by atoms with van der Waals surface area (Å²) in [7, 11) is 0. The zero-order chi connectivity index (χ0) is 14.3. The van der Waals surface area contributed by atoms with Gasteiger partial charge in [-0.1, -0.05) is 24.3 Å². The van der Waals surface area contributed by atoms with E-state index < -0.39 is 0 Å². The highest BCUT2D eigenvalue weighted by Gasteiger charge is 1.98. The Hall–Kier alpha value is -1.97. The molecule has 0 aliphatic rings. The average Bonchev–Trinajstić information content (AvgIpc) is 2.35. The number of rotatable bonds is 6. The van der Waals surface area contributed by atoms with Crippen LogP contribution in [0.25, 0.3) is 0 Å². The molecule has 0 heterocycles. The number of ether oxygens (including phenoxy) is 1. The Labute approximate surface area is 115 Å². The van der Waals surface area contributed by atoms with Gasteiger partial charge in [0.25, 0.3) is 0 Å². The Morgan fingerprint density at radius 2 is 2.00 bits per heavy atom. The zero-order valence-electron chi connectivity index (χ0n) is 11.9. The largest absolute Gasteiger partial charge is 0.491 e. The number of aliphatic imine (C=N–C) groups is 1. The number of nitrogens with zero attached hydrogens (tertiary/aromatic N) is 1. The maximum Gasteiger partial charge on any atom is 0.189 e. The zero-order valence-corrected chi connectivity index (χ0v) is 11.9. The molecular formula is C15H23N3O. The fraction of sp³-hybridized carbons (Fsp3) is 0.400. The molecule has 4 heteroatoms. The third kappa shape index (κ3) is 6.50. The highest BCUT2D eigenvalue weighted by molar-refractivity contribution is 5.78. The summed E-state index contributed by atoms with van der Waals surface area (Å²) in [6, 6.07) is 7.88. The van der Waals surface area contributed by atoms with Crippen LogP contribution in [0.15, 0.2) is 41.4 Å². The predicted octanol–water partition coefficient (Wildman–Crippen LogP) is 2.45. The van der Waals surface area contributed by atoms with E-state index in [0.29, 0.717) is 19.0 Å². The quantitative estimate of drug-likeness (QED) is 0.470. The van der Waals surface area contributed by atoms with E-state index in [4.69, 9.17) is 10.5 Å². The number of nitrogens with one attached hydrogen (secondary N) is 1. The third-order valence-electron chi connectivity index (χ3n) is 2.30. The Kier molecular flexibility index (Phi) is 5.93. The second kappa shape index (κ2) is 7.46. The summed E-state index contributed by atoms with van der Waals surface area (Å²) < 4.78 is 5.58. The monoisotopic (exact) mass is 261 g/mol. The molecule has 1 aromatic rings. The first-order valence-electron chi connectivity index (χ1n) is 6.41. The molecule has 19 heavy (non-hydrogen) atoms. The van der Waals surface area contributed by atoms with Crippen molar-refractivity contribution in [3.8, 4) is 5.75 Å². The molecule has 0 atom stereocenters. The number of benzene rings is 1. The van der Waals surface area contributed by atoms with Gasteiger partial charge in [0.15, 0.2) is 5.96 Å². The summed E-state index contributed by atoms with van der Waals surface area (Å²) >= 11 is 0. The molecule has 0 radical (unpaired) electrons. The second-order valence-corrected chi connectivity index (χ2v) is 4.82. The van der Waals surface area contributed by atoms with Crippen molar-refractivity contribution in [2.45, 2.75) is 33.4 Å². The van der Waals surface area contributed by atoms with E-state index in [1.54, 1.807) is 0 Å². The molecule has 0 bridgehead atoms. The molecule has 1 aromatic carbocycles. The van der Waals surface area contributed by atoms with E-state index >= 15 is 0 Å². The molecule has 0 saturated heterocycles. The van der Waals surface area contributed by atoms with Gasteiger partial charge in [0, 0.05) is 6.54 Å². The smallest absolute Gasteiger partial charge is 0.189 e. The predicted molar refractivity (Wildman–Crippen MR) is 80.3 cm³/mol. The Balaban J connectivity index is 2.48. The Bertz CT molecular complexity index is 435. The molecule has 0 saturated carbocycles. The Morgan fingerprint density at radius 3 is 2.53 bits per heavy atom. The van der Waals surface area contributed by atoms with Crippen LogP contribution in [0, 0.1) is 0 Å². The lowest BCUT2D eigenvalue weighted by atomic mass is 10.2. The van der Waals surface area contributed by atoms with Crippen molar-refractivity contribution in [3.63, 3.8) is 0 Å². The fourth-order valence-corrected chi connectivity index (χ4v) is 1.42. The lowest BCUT2D eigenvalue weighted by Gasteiger charge is -2.09. The lowest BCUT2D eigenvalue weighted by molar-refractivity contribution is 0.242. The van der Waals surface area contributed by atoms with Crippen LogP contribution >= 0.6 is 0 Å². The molecule has 0 amide bonds. The van der Waals surface area contributed by atoms with Crippen molar-refractivity contribution < 1.29 is 4.74 Å². The highest BCUT2D eigenvalue weighted by Crippen LogP contribution is 2.14. The summed E-state index contributed by atoms with van der Waals surface area (Å²) in [4.78, 5) is 4.26. The standard InChI is InChI=1S/C15H23N3O/c1-11(2)9-17-15(16)18-10-13-5-7-14(8-6-13)19-12(3)4/h5-8,12H,1,9-10H2,2-4H3,(H3,16,17,18). The highest BCUT2D eigenvalue weighted by atomic mass is 16.5. The van der Waals surface area contributed by atoms with E-state index in [1.165, 1.54) is 0 Å². The summed E-state index contributed by atoms with van der Waals surface area (Å²) in [6.45, 7) is 10.9. The van der Waals surface area contributed by atoms with Crippen LogP contribution < -0.4 is 15.8 Å². The minimum absolute atomic E-state index is 0.186. The van der Waals surface area contributed by atoms with Crippen LogP contribution in [0.1, 0.15) is 26.3 Å². The van der Waals surface area contributed by atoms with Gasteiger partial charge in [-0.15, -0.1) is 0 Å². The van der Waals surface area contributed by atoms with Crippen LogP contribution in [0.3, 0.4) is 0 Å². The van der Waals surface area contributed by atoms with E-state index in [1.807, 2.05) is 45.0 Å².